The topological polar surface area (TPSA) is 114 Å². The van der Waals surface area contributed by atoms with E-state index in [0.717, 1.165) is 11.6 Å². The molecule has 0 heterocycles. The third kappa shape index (κ3) is 6.25. The normalized spacial score (nSPS) is 10.8. The highest BCUT2D eigenvalue weighted by Gasteiger charge is 2.16. The fraction of sp³-hybridized carbons (Fsp3) is 0.0833. The van der Waals surface area contributed by atoms with E-state index < -0.39 is 10.8 Å². The summed E-state index contributed by atoms with van der Waals surface area (Å²) in [6, 6.07) is 17.6. The number of nitro benzene ring substituents is 1. The van der Waals surface area contributed by atoms with Crippen LogP contribution in [0.1, 0.15) is 11.1 Å². The van der Waals surface area contributed by atoms with E-state index in [1.165, 1.54) is 25.3 Å². The molecule has 0 saturated heterocycles. The van der Waals surface area contributed by atoms with Crippen molar-refractivity contribution in [3.05, 3.63) is 97.5 Å². The van der Waals surface area contributed by atoms with Gasteiger partial charge in [0.1, 0.15) is 29.7 Å². The summed E-state index contributed by atoms with van der Waals surface area (Å²) >= 11 is 12.2. The average Bonchev–Trinajstić information content (AvgIpc) is 2.82. The molecule has 172 valence electrons. The fourth-order valence-corrected chi connectivity index (χ4v) is 3.25. The van der Waals surface area contributed by atoms with Gasteiger partial charge in [-0.3, -0.25) is 14.9 Å². The zero-order valence-corrected chi connectivity index (χ0v) is 19.3. The molecule has 0 aliphatic heterocycles. The summed E-state index contributed by atoms with van der Waals surface area (Å²) < 4.78 is 10.8. The van der Waals surface area contributed by atoms with Gasteiger partial charge in [0.15, 0.2) is 0 Å². The van der Waals surface area contributed by atoms with Crippen LogP contribution < -0.4 is 14.8 Å². The molecule has 3 aromatic rings. The number of ether oxygens (including phenoxy) is 2. The highest BCUT2D eigenvalue weighted by Crippen LogP contribution is 2.30. The van der Waals surface area contributed by atoms with E-state index in [1.54, 1.807) is 30.3 Å². The van der Waals surface area contributed by atoms with Crippen LogP contribution in [0.15, 0.2) is 66.2 Å². The molecule has 1 N–H and O–H groups in total. The molecule has 8 nitrogen and oxygen atoms in total. The molecule has 3 aromatic carbocycles. The number of non-ortho nitro benzene ring substituents is 1. The zero-order valence-electron chi connectivity index (χ0n) is 17.7. The largest absolute Gasteiger partial charge is 0.495 e. The van der Waals surface area contributed by atoms with Crippen LogP contribution in [-0.4, -0.2) is 17.9 Å². The van der Waals surface area contributed by atoms with E-state index in [4.69, 9.17) is 32.7 Å². The number of methoxy groups -OCH3 is 1. The molecule has 0 aliphatic carbocycles. The predicted molar refractivity (Wildman–Crippen MR) is 129 cm³/mol. The summed E-state index contributed by atoms with van der Waals surface area (Å²) in [5, 5.41) is 23.9. The Kier molecular flexibility index (Phi) is 8.09. The first-order valence-electron chi connectivity index (χ1n) is 9.73. The second kappa shape index (κ2) is 11.2. The third-order valence-electron chi connectivity index (χ3n) is 4.58. The lowest BCUT2D eigenvalue weighted by atomic mass is 10.1. The van der Waals surface area contributed by atoms with E-state index in [0.29, 0.717) is 21.4 Å². The Labute approximate surface area is 205 Å². The SMILES string of the molecule is COc1ccc([N+](=O)[O-])cc1NC(=O)/C(C#N)=C/c1ccc(OCc2ccc(Cl)cc2)c(Cl)c1. The molecule has 0 saturated carbocycles. The second-order valence-corrected chi connectivity index (χ2v) is 7.71. The smallest absolute Gasteiger partial charge is 0.271 e. The van der Waals surface area contributed by atoms with Crippen molar-refractivity contribution in [1.82, 2.24) is 0 Å². The molecule has 0 aliphatic rings. The minimum atomic E-state index is -0.763. The second-order valence-electron chi connectivity index (χ2n) is 6.87. The van der Waals surface area contributed by atoms with Crippen LogP contribution in [0.3, 0.4) is 0 Å². The lowest BCUT2D eigenvalue weighted by molar-refractivity contribution is -0.384. The van der Waals surface area contributed by atoms with Gasteiger partial charge in [-0.2, -0.15) is 5.26 Å². The summed E-state index contributed by atoms with van der Waals surface area (Å²) in [7, 11) is 1.36. The Hall–Kier alpha value is -4.06. The molecule has 10 heteroatoms. The number of anilines is 1. The Balaban J connectivity index is 1.76. The van der Waals surface area contributed by atoms with E-state index in [2.05, 4.69) is 5.32 Å². The van der Waals surface area contributed by atoms with E-state index in [-0.39, 0.29) is 29.3 Å². The van der Waals surface area contributed by atoms with E-state index >= 15 is 0 Å². The summed E-state index contributed by atoms with van der Waals surface area (Å²) in [4.78, 5) is 23.1. The molecule has 0 fully saturated rings. The number of nitrogens with one attached hydrogen (secondary N) is 1. The Bertz CT molecular complexity index is 1300. The molecule has 0 unspecified atom stereocenters. The van der Waals surface area contributed by atoms with Crippen LogP contribution >= 0.6 is 23.2 Å². The van der Waals surface area contributed by atoms with Gasteiger partial charge in [-0.05, 0) is 47.5 Å². The van der Waals surface area contributed by atoms with Crippen LogP contribution in [0.5, 0.6) is 11.5 Å². The number of carbonyl (C=O) groups excluding carboxylic acids is 1. The van der Waals surface area contributed by atoms with Crippen LogP contribution in [0.2, 0.25) is 10.0 Å². The van der Waals surface area contributed by atoms with Crippen molar-refractivity contribution in [3.63, 3.8) is 0 Å². The number of carbonyl (C=O) groups is 1. The monoisotopic (exact) mass is 497 g/mol. The minimum absolute atomic E-state index is 0.0619. The molecular weight excluding hydrogens is 481 g/mol. The molecule has 1 amide bonds. The van der Waals surface area contributed by atoms with Gasteiger partial charge in [0.05, 0.1) is 22.7 Å². The maximum absolute atomic E-state index is 12.6. The van der Waals surface area contributed by atoms with Gasteiger partial charge in [0, 0.05) is 17.2 Å². The Morgan fingerprint density at radius 3 is 2.44 bits per heavy atom. The minimum Gasteiger partial charge on any atom is -0.495 e. The van der Waals surface area contributed by atoms with E-state index in [1.807, 2.05) is 18.2 Å². The summed E-state index contributed by atoms with van der Waals surface area (Å²) in [6.45, 7) is 0.281. The molecule has 0 radical (unpaired) electrons. The quantitative estimate of drug-likeness (QED) is 0.175. The molecular formula is C24H17Cl2N3O5. The predicted octanol–water partition coefficient (Wildman–Crippen LogP) is 6.03. The number of hydrogen-bond acceptors (Lipinski definition) is 6. The van der Waals surface area contributed by atoms with Gasteiger partial charge in [0.25, 0.3) is 11.6 Å². The van der Waals surface area contributed by atoms with Crippen molar-refractivity contribution in [2.75, 3.05) is 12.4 Å². The van der Waals surface area contributed by atoms with Crippen molar-refractivity contribution in [2.45, 2.75) is 6.61 Å². The first kappa shape index (κ1) is 24.6. The van der Waals surface area contributed by atoms with Gasteiger partial charge < -0.3 is 14.8 Å². The fourth-order valence-electron chi connectivity index (χ4n) is 2.88. The maximum atomic E-state index is 12.6. The van der Waals surface area contributed by atoms with Crippen molar-refractivity contribution >= 4 is 46.6 Å². The van der Waals surface area contributed by atoms with Gasteiger partial charge in [-0.1, -0.05) is 41.4 Å². The lowest BCUT2D eigenvalue weighted by Crippen LogP contribution is -2.14. The number of nitro groups is 1. The van der Waals surface area contributed by atoms with Gasteiger partial charge >= 0.3 is 0 Å². The molecule has 34 heavy (non-hydrogen) atoms. The standard InChI is InChI=1S/C24H17Cl2N3O5/c1-33-23-9-7-19(29(31)32)12-21(23)28-24(30)17(13-27)10-16-4-8-22(20(26)11-16)34-14-15-2-5-18(25)6-3-15/h2-12H,14H2,1H3,(H,28,30)/b17-10+. The maximum Gasteiger partial charge on any atom is 0.271 e. The molecule has 0 aromatic heterocycles. The number of rotatable bonds is 8. The lowest BCUT2D eigenvalue weighted by Gasteiger charge is -2.10. The first-order valence-corrected chi connectivity index (χ1v) is 10.5. The number of nitriles is 1. The molecule has 0 spiro atoms. The third-order valence-corrected chi connectivity index (χ3v) is 5.13. The van der Waals surface area contributed by atoms with Gasteiger partial charge in [0.2, 0.25) is 0 Å². The Morgan fingerprint density at radius 2 is 1.82 bits per heavy atom. The van der Waals surface area contributed by atoms with Crippen molar-refractivity contribution in [1.29, 1.82) is 5.26 Å². The van der Waals surface area contributed by atoms with Crippen LogP contribution in [0, 0.1) is 21.4 Å². The highest BCUT2D eigenvalue weighted by atomic mass is 35.5. The van der Waals surface area contributed by atoms with Gasteiger partial charge in [-0.25, -0.2) is 0 Å². The van der Waals surface area contributed by atoms with Crippen LogP contribution in [0.25, 0.3) is 6.08 Å². The molecule has 0 bridgehead atoms. The molecule has 3 rings (SSSR count). The number of nitrogens with zero attached hydrogens (tertiary/aromatic N) is 2. The number of amides is 1. The van der Waals surface area contributed by atoms with Crippen molar-refractivity contribution in [2.24, 2.45) is 0 Å². The average molecular weight is 498 g/mol. The number of hydrogen-bond donors (Lipinski definition) is 1. The summed E-state index contributed by atoms with van der Waals surface area (Å²) in [5.74, 6) is -0.125. The first-order chi connectivity index (χ1) is 16.3. The van der Waals surface area contributed by atoms with Crippen molar-refractivity contribution < 1.29 is 19.2 Å². The van der Waals surface area contributed by atoms with Gasteiger partial charge in [-0.15, -0.1) is 0 Å². The van der Waals surface area contributed by atoms with Crippen LogP contribution in [-0.2, 0) is 11.4 Å². The zero-order chi connectivity index (χ0) is 24.7. The number of benzene rings is 3. The van der Waals surface area contributed by atoms with Crippen LogP contribution in [0.4, 0.5) is 11.4 Å². The summed E-state index contributed by atoms with van der Waals surface area (Å²) in [5.41, 5.74) is 0.983. The Morgan fingerprint density at radius 1 is 1.12 bits per heavy atom. The molecule has 0 atom stereocenters. The van der Waals surface area contributed by atoms with E-state index in [9.17, 15) is 20.2 Å². The number of halogens is 2. The summed E-state index contributed by atoms with van der Waals surface area (Å²) in [6.07, 6.45) is 1.34. The van der Waals surface area contributed by atoms with Crippen molar-refractivity contribution in [3.8, 4) is 17.6 Å². The highest BCUT2D eigenvalue weighted by molar-refractivity contribution is 6.32.